The highest BCUT2D eigenvalue weighted by Crippen LogP contribution is 2.55. The summed E-state index contributed by atoms with van der Waals surface area (Å²) < 4.78 is 50.4. The Morgan fingerprint density at radius 1 is 0.795 bits per heavy atom. The lowest BCUT2D eigenvalue weighted by molar-refractivity contribution is -0.354. The average Bonchev–Trinajstić information content (AvgIpc) is 3.08. The average molecular weight is 631 g/mol. The van der Waals surface area contributed by atoms with Gasteiger partial charge in [0.15, 0.2) is 18.3 Å². The summed E-state index contributed by atoms with van der Waals surface area (Å²) in [6.45, 7) is 9.17. The van der Waals surface area contributed by atoms with Crippen LogP contribution in [0.25, 0.3) is 0 Å². The molecular weight excluding hydrogens is 592 g/mol. The minimum Gasteiger partial charge on any atom is -0.472 e. The second-order valence-corrected chi connectivity index (χ2v) is 11.0. The van der Waals surface area contributed by atoms with Crippen molar-refractivity contribution in [2.45, 2.75) is 116 Å². The SMILES string of the molecule is CC(=O)OC[C@H]1O[C@@H](O[C@@H]2OC=C(C)[C@@]3(O)[C@H](OC(C)=O)C[C@](C)(OC(C)=O)[C@@H]23)[C@H](OC(C)=O)[C@@H](OC(C)=O)[C@@H]1OC(C)=O. The van der Waals surface area contributed by atoms with Crippen LogP contribution in [-0.2, 0) is 71.4 Å². The molecule has 1 saturated heterocycles. The Morgan fingerprint density at radius 3 is 1.86 bits per heavy atom. The Bertz CT molecular complexity index is 1200. The molecular formula is C28H38O16. The molecule has 2 aliphatic heterocycles. The number of ether oxygens (including phenoxy) is 9. The highest BCUT2D eigenvalue weighted by atomic mass is 16.8. The Morgan fingerprint density at radius 2 is 1.34 bits per heavy atom. The molecule has 0 bridgehead atoms. The minimum absolute atomic E-state index is 0.152. The number of esters is 6. The Balaban J connectivity index is 2.11. The zero-order valence-electron chi connectivity index (χ0n) is 25.7. The van der Waals surface area contributed by atoms with E-state index in [2.05, 4.69) is 0 Å². The fraction of sp³-hybridized carbons (Fsp3) is 0.714. The van der Waals surface area contributed by atoms with E-state index in [0.717, 1.165) is 41.5 Å². The van der Waals surface area contributed by atoms with E-state index in [-0.39, 0.29) is 12.0 Å². The van der Waals surface area contributed by atoms with E-state index < -0.39 is 103 Å². The normalized spacial score (nSPS) is 36.0. The van der Waals surface area contributed by atoms with Crippen molar-refractivity contribution >= 4 is 35.8 Å². The summed E-state index contributed by atoms with van der Waals surface area (Å²) in [6.07, 6.45) is -9.27. The van der Waals surface area contributed by atoms with Gasteiger partial charge in [-0.3, -0.25) is 28.8 Å². The highest BCUT2D eigenvalue weighted by molar-refractivity contribution is 5.69. The molecule has 0 aromatic heterocycles. The molecule has 0 aromatic rings. The van der Waals surface area contributed by atoms with Gasteiger partial charge in [0.25, 0.3) is 0 Å². The van der Waals surface area contributed by atoms with Crippen molar-refractivity contribution in [1.29, 1.82) is 0 Å². The van der Waals surface area contributed by atoms with Crippen LogP contribution in [0.2, 0.25) is 0 Å². The van der Waals surface area contributed by atoms with Crippen molar-refractivity contribution in [2.24, 2.45) is 5.92 Å². The van der Waals surface area contributed by atoms with Crippen molar-refractivity contribution in [2.75, 3.05) is 6.61 Å². The van der Waals surface area contributed by atoms with Gasteiger partial charge < -0.3 is 47.7 Å². The maximum Gasteiger partial charge on any atom is 0.303 e. The molecule has 44 heavy (non-hydrogen) atoms. The number of carbonyl (C=O) groups excluding carboxylic acids is 6. The van der Waals surface area contributed by atoms with E-state index in [1.165, 1.54) is 20.1 Å². The van der Waals surface area contributed by atoms with Gasteiger partial charge in [-0.15, -0.1) is 0 Å². The van der Waals surface area contributed by atoms with Crippen LogP contribution in [-0.4, -0.2) is 102 Å². The number of carbonyl (C=O) groups is 6. The van der Waals surface area contributed by atoms with E-state index in [9.17, 15) is 33.9 Å². The monoisotopic (exact) mass is 630 g/mol. The summed E-state index contributed by atoms with van der Waals surface area (Å²) in [5, 5.41) is 12.1. The van der Waals surface area contributed by atoms with Gasteiger partial charge in [-0.25, -0.2) is 0 Å². The van der Waals surface area contributed by atoms with Gasteiger partial charge >= 0.3 is 35.8 Å². The van der Waals surface area contributed by atoms with Gasteiger partial charge in [0.1, 0.15) is 30.0 Å². The smallest absolute Gasteiger partial charge is 0.303 e. The lowest BCUT2D eigenvalue weighted by Crippen LogP contribution is -2.65. The Hall–Kier alpha value is -3.76. The van der Waals surface area contributed by atoms with Gasteiger partial charge in [-0.2, -0.15) is 0 Å². The van der Waals surface area contributed by atoms with E-state index in [4.69, 9.17) is 42.6 Å². The van der Waals surface area contributed by atoms with Crippen molar-refractivity contribution in [1.82, 2.24) is 0 Å². The molecule has 2 fully saturated rings. The summed E-state index contributed by atoms with van der Waals surface area (Å²) in [5.74, 6) is -5.91. The summed E-state index contributed by atoms with van der Waals surface area (Å²) >= 11 is 0. The van der Waals surface area contributed by atoms with Crippen LogP contribution in [0.5, 0.6) is 0 Å². The first-order valence-corrected chi connectivity index (χ1v) is 13.8. The highest BCUT2D eigenvalue weighted by Gasteiger charge is 2.70. The van der Waals surface area contributed by atoms with Gasteiger partial charge in [-0.05, 0) is 19.4 Å². The molecule has 246 valence electrons. The Labute approximate surface area is 253 Å². The molecule has 0 radical (unpaired) electrons. The Kier molecular flexibility index (Phi) is 10.6. The third-order valence-electron chi connectivity index (χ3n) is 7.40. The summed E-state index contributed by atoms with van der Waals surface area (Å²) in [6, 6.07) is 0. The van der Waals surface area contributed by atoms with Gasteiger partial charge in [0.05, 0.1) is 12.2 Å². The largest absolute Gasteiger partial charge is 0.472 e. The van der Waals surface area contributed by atoms with Crippen LogP contribution in [0.3, 0.4) is 0 Å². The molecule has 0 unspecified atom stereocenters. The van der Waals surface area contributed by atoms with Crippen molar-refractivity contribution < 1.29 is 76.5 Å². The molecule has 10 atom stereocenters. The fourth-order valence-electron chi connectivity index (χ4n) is 5.96. The molecule has 16 heteroatoms. The first-order chi connectivity index (χ1) is 20.4. The molecule has 3 rings (SSSR count). The standard InChI is InChI=1S/C28H38O16/c1-12-10-37-26(24-27(8,44-18(7)34)9-20(28(12,24)35)38-14(3)30)43-25-23(41-17(6)33)22(40-16(5)32)21(39-15(4)31)19(42-25)11-36-13(2)29/h10,19-26,35H,9,11H2,1-8H3/t19-,20-,21-,22+,23-,24-,25+,26+,27+,28-/m1/s1. The van der Waals surface area contributed by atoms with Crippen LogP contribution in [0.1, 0.15) is 61.8 Å². The number of fused-ring (bicyclic) bond motifs is 1. The van der Waals surface area contributed by atoms with Crippen LogP contribution >= 0.6 is 0 Å². The van der Waals surface area contributed by atoms with Crippen molar-refractivity contribution in [3.05, 3.63) is 11.8 Å². The van der Waals surface area contributed by atoms with E-state index >= 15 is 0 Å². The quantitative estimate of drug-likeness (QED) is 0.269. The van der Waals surface area contributed by atoms with Crippen LogP contribution in [0.4, 0.5) is 0 Å². The van der Waals surface area contributed by atoms with E-state index in [1.807, 2.05) is 0 Å². The van der Waals surface area contributed by atoms with Crippen LogP contribution < -0.4 is 0 Å². The number of aliphatic hydroxyl groups is 1. The third-order valence-corrected chi connectivity index (χ3v) is 7.40. The van der Waals surface area contributed by atoms with E-state index in [1.54, 1.807) is 0 Å². The fourth-order valence-corrected chi connectivity index (χ4v) is 5.96. The maximum atomic E-state index is 12.2. The zero-order valence-corrected chi connectivity index (χ0v) is 25.7. The molecule has 1 N–H and O–H groups in total. The number of hydrogen-bond donors (Lipinski definition) is 1. The second kappa shape index (κ2) is 13.5. The van der Waals surface area contributed by atoms with Gasteiger partial charge in [-0.1, -0.05) is 0 Å². The minimum atomic E-state index is -1.98. The van der Waals surface area contributed by atoms with Crippen LogP contribution in [0.15, 0.2) is 11.8 Å². The molecule has 16 nitrogen and oxygen atoms in total. The van der Waals surface area contributed by atoms with Crippen molar-refractivity contribution in [3.8, 4) is 0 Å². The third kappa shape index (κ3) is 7.47. The maximum absolute atomic E-state index is 12.2. The van der Waals surface area contributed by atoms with E-state index in [0.29, 0.717) is 0 Å². The van der Waals surface area contributed by atoms with Gasteiger partial charge in [0, 0.05) is 48.0 Å². The van der Waals surface area contributed by atoms with Crippen LogP contribution in [0, 0.1) is 5.92 Å². The predicted molar refractivity (Wildman–Crippen MR) is 140 cm³/mol. The van der Waals surface area contributed by atoms with Crippen molar-refractivity contribution in [3.63, 3.8) is 0 Å². The molecule has 0 aromatic carbocycles. The predicted octanol–water partition coefficient (Wildman–Crippen LogP) is 0.351. The summed E-state index contributed by atoms with van der Waals surface area (Å²) in [7, 11) is 0. The topological polar surface area (TPSA) is 206 Å². The molecule has 0 spiro atoms. The molecule has 3 aliphatic rings. The molecule has 0 amide bonds. The number of hydrogen-bond acceptors (Lipinski definition) is 16. The molecule has 1 saturated carbocycles. The summed E-state index contributed by atoms with van der Waals surface area (Å²) in [4.78, 5) is 72.2. The first kappa shape index (κ1) is 34.7. The first-order valence-electron chi connectivity index (χ1n) is 13.8. The number of rotatable bonds is 9. The van der Waals surface area contributed by atoms with Gasteiger partial charge in [0.2, 0.25) is 12.6 Å². The lowest BCUT2D eigenvalue weighted by Gasteiger charge is -2.48. The second-order valence-electron chi connectivity index (χ2n) is 11.0. The molecule has 2 heterocycles. The molecule has 1 aliphatic carbocycles. The zero-order chi connectivity index (χ0) is 33.1. The lowest BCUT2D eigenvalue weighted by atomic mass is 9.77. The summed E-state index contributed by atoms with van der Waals surface area (Å²) in [5.41, 5.74) is -3.29.